The molecule has 19 heavy (non-hydrogen) atoms. The molecule has 106 valence electrons. The first-order valence-corrected chi connectivity index (χ1v) is 6.92. The Morgan fingerprint density at radius 1 is 1.32 bits per heavy atom. The Kier molecular flexibility index (Phi) is 4.90. The highest BCUT2D eigenvalue weighted by Gasteiger charge is 2.12. The zero-order valence-corrected chi connectivity index (χ0v) is 11.4. The van der Waals surface area contributed by atoms with Gasteiger partial charge in [-0.15, -0.1) is 0 Å². The summed E-state index contributed by atoms with van der Waals surface area (Å²) in [7, 11) is 0. The van der Waals surface area contributed by atoms with Crippen LogP contribution in [0, 0.1) is 12.8 Å². The van der Waals surface area contributed by atoms with Gasteiger partial charge in [-0.05, 0) is 19.3 Å². The van der Waals surface area contributed by atoms with Crippen LogP contribution in [0.4, 0.5) is 0 Å². The van der Waals surface area contributed by atoms with Gasteiger partial charge in [0.25, 0.3) is 5.56 Å². The van der Waals surface area contributed by atoms with E-state index >= 15 is 0 Å². The number of rotatable bonds is 5. The largest absolute Gasteiger partial charge is 0.359 e. The molecule has 1 aliphatic carbocycles. The Morgan fingerprint density at radius 2 is 2.05 bits per heavy atom. The predicted molar refractivity (Wildman–Crippen MR) is 71.0 cm³/mol. The summed E-state index contributed by atoms with van der Waals surface area (Å²) in [6, 6.07) is 0. The second-order valence-electron chi connectivity index (χ2n) is 5.17. The molecule has 6 nitrogen and oxygen atoms in total. The standard InChI is InChI=1S/C13H21N3O3/c1-10-12(17)14-13(18)16(15-10)9-19-8-7-11-5-3-2-4-6-11/h11H,2-9H2,1H3,(H,14,17,18). The average Bonchev–Trinajstić information content (AvgIpc) is 2.41. The van der Waals surface area contributed by atoms with Gasteiger partial charge in [-0.1, -0.05) is 32.1 Å². The van der Waals surface area contributed by atoms with Gasteiger partial charge in [-0.25, -0.2) is 4.79 Å². The van der Waals surface area contributed by atoms with Gasteiger partial charge in [-0.3, -0.25) is 9.78 Å². The third-order valence-corrected chi connectivity index (χ3v) is 3.66. The van der Waals surface area contributed by atoms with Crippen molar-refractivity contribution < 1.29 is 4.74 Å². The lowest BCUT2D eigenvalue weighted by molar-refractivity contribution is 0.0514. The highest BCUT2D eigenvalue weighted by molar-refractivity contribution is 4.87. The van der Waals surface area contributed by atoms with Crippen LogP contribution in [0.15, 0.2) is 9.59 Å². The van der Waals surface area contributed by atoms with Crippen molar-refractivity contribution in [1.82, 2.24) is 14.8 Å². The van der Waals surface area contributed by atoms with E-state index in [-0.39, 0.29) is 12.4 Å². The molecule has 1 heterocycles. The number of hydrogen-bond acceptors (Lipinski definition) is 4. The van der Waals surface area contributed by atoms with Crippen LogP contribution in [0.5, 0.6) is 0 Å². The maximum atomic E-state index is 11.5. The maximum absolute atomic E-state index is 11.5. The molecule has 0 amide bonds. The first-order chi connectivity index (χ1) is 9.16. The van der Waals surface area contributed by atoms with Gasteiger partial charge >= 0.3 is 5.69 Å². The fourth-order valence-corrected chi connectivity index (χ4v) is 2.49. The number of aromatic nitrogens is 3. The third kappa shape index (κ3) is 4.02. The number of nitrogens with zero attached hydrogens (tertiary/aromatic N) is 2. The molecule has 0 spiro atoms. The summed E-state index contributed by atoms with van der Waals surface area (Å²) in [4.78, 5) is 24.8. The molecular weight excluding hydrogens is 246 g/mol. The van der Waals surface area contributed by atoms with E-state index in [9.17, 15) is 9.59 Å². The Hall–Kier alpha value is -1.43. The minimum absolute atomic E-state index is 0.100. The molecule has 1 N–H and O–H groups in total. The molecule has 2 rings (SSSR count). The highest BCUT2D eigenvalue weighted by atomic mass is 16.5. The summed E-state index contributed by atoms with van der Waals surface area (Å²) in [5.74, 6) is 0.760. The van der Waals surface area contributed by atoms with Gasteiger partial charge in [0.15, 0.2) is 0 Å². The number of H-pyrrole nitrogens is 1. The van der Waals surface area contributed by atoms with E-state index in [4.69, 9.17) is 4.74 Å². The molecular formula is C13H21N3O3. The molecule has 0 atom stereocenters. The maximum Gasteiger partial charge on any atom is 0.346 e. The van der Waals surface area contributed by atoms with Gasteiger partial charge in [0.2, 0.25) is 0 Å². The fraction of sp³-hybridized carbons (Fsp3) is 0.769. The predicted octanol–water partition coefficient (Wildman–Crippen LogP) is 1.18. The van der Waals surface area contributed by atoms with E-state index in [0.29, 0.717) is 6.61 Å². The molecule has 0 saturated heterocycles. The molecule has 0 aliphatic heterocycles. The number of nitrogens with one attached hydrogen (secondary N) is 1. The first-order valence-electron chi connectivity index (χ1n) is 6.92. The Labute approximate surface area is 111 Å². The topological polar surface area (TPSA) is 77.0 Å². The molecule has 6 heteroatoms. The van der Waals surface area contributed by atoms with Crippen LogP contribution < -0.4 is 11.2 Å². The molecule has 1 aromatic heterocycles. The quantitative estimate of drug-likeness (QED) is 0.813. The number of hydrogen-bond donors (Lipinski definition) is 1. The van der Waals surface area contributed by atoms with Crippen LogP contribution in [0.25, 0.3) is 0 Å². The zero-order valence-electron chi connectivity index (χ0n) is 11.4. The number of ether oxygens (including phenoxy) is 1. The molecule has 1 aliphatic rings. The van der Waals surface area contributed by atoms with Crippen molar-refractivity contribution in [3.8, 4) is 0 Å². The summed E-state index contributed by atoms with van der Waals surface area (Å²) >= 11 is 0. The molecule has 0 radical (unpaired) electrons. The van der Waals surface area contributed by atoms with Gasteiger partial charge in [0.05, 0.1) is 0 Å². The monoisotopic (exact) mass is 267 g/mol. The summed E-state index contributed by atoms with van der Waals surface area (Å²) in [6.45, 7) is 2.30. The SMILES string of the molecule is Cc1nn(COCCC2CCCCC2)c(=O)[nH]c1=O. The lowest BCUT2D eigenvalue weighted by Gasteiger charge is -2.21. The van der Waals surface area contributed by atoms with Crippen molar-refractivity contribution in [2.24, 2.45) is 5.92 Å². The first kappa shape index (κ1) is 14.0. The van der Waals surface area contributed by atoms with Crippen LogP contribution in [0.3, 0.4) is 0 Å². The van der Waals surface area contributed by atoms with E-state index in [0.717, 1.165) is 17.0 Å². The minimum Gasteiger partial charge on any atom is -0.359 e. The number of aryl methyl sites for hydroxylation is 1. The summed E-state index contributed by atoms with van der Waals surface area (Å²) < 4.78 is 6.63. The van der Waals surface area contributed by atoms with Crippen molar-refractivity contribution in [1.29, 1.82) is 0 Å². The van der Waals surface area contributed by atoms with Gasteiger partial charge in [0, 0.05) is 6.61 Å². The summed E-state index contributed by atoms with van der Waals surface area (Å²) in [6.07, 6.45) is 7.62. The van der Waals surface area contributed by atoms with Gasteiger partial charge < -0.3 is 4.74 Å². The van der Waals surface area contributed by atoms with Gasteiger partial charge in [-0.2, -0.15) is 9.78 Å². The molecule has 0 aromatic carbocycles. The molecule has 1 saturated carbocycles. The lowest BCUT2D eigenvalue weighted by Crippen LogP contribution is -2.34. The molecule has 1 aromatic rings. The van der Waals surface area contributed by atoms with E-state index in [1.807, 2.05) is 0 Å². The van der Waals surface area contributed by atoms with E-state index in [1.54, 1.807) is 6.92 Å². The zero-order chi connectivity index (χ0) is 13.7. The van der Waals surface area contributed by atoms with Crippen LogP contribution in [0.2, 0.25) is 0 Å². The van der Waals surface area contributed by atoms with E-state index < -0.39 is 11.2 Å². The smallest absolute Gasteiger partial charge is 0.346 e. The van der Waals surface area contributed by atoms with Crippen LogP contribution >= 0.6 is 0 Å². The molecule has 0 unspecified atom stereocenters. The van der Waals surface area contributed by atoms with Crippen LogP contribution in [-0.4, -0.2) is 21.4 Å². The summed E-state index contributed by atoms with van der Waals surface area (Å²) in [5.41, 5.74) is -0.688. The van der Waals surface area contributed by atoms with Crippen molar-refractivity contribution >= 4 is 0 Å². The molecule has 1 fully saturated rings. The van der Waals surface area contributed by atoms with Crippen molar-refractivity contribution in [2.75, 3.05) is 6.61 Å². The van der Waals surface area contributed by atoms with Gasteiger partial charge in [0.1, 0.15) is 12.4 Å². The van der Waals surface area contributed by atoms with Crippen molar-refractivity contribution in [3.63, 3.8) is 0 Å². The second kappa shape index (κ2) is 6.65. The lowest BCUT2D eigenvalue weighted by atomic mass is 9.87. The molecule has 0 bridgehead atoms. The summed E-state index contributed by atoms with van der Waals surface area (Å²) in [5, 5.41) is 3.89. The average molecular weight is 267 g/mol. The Bertz CT molecular complexity index is 515. The Morgan fingerprint density at radius 3 is 2.79 bits per heavy atom. The highest BCUT2D eigenvalue weighted by Crippen LogP contribution is 2.25. The van der Waals surface area contributed by atoms with E-state index in [1.165, 1.54) is 32.1 Å². The van der Waals surface area contributed by atoms with Crippen LogP contribution in [0.1, 0.15) is 44.2 Å². The minimum atomic E-state index is -0.520. The van der Waals surface area contributed by atoms with E-state index in [2.05, 4.69) is 10.1 Å². The fourth-order valence-electron chi connectivity index (χ4n) is 2.49. The normalized spacial score (nSPS) is 16.7. The second-order valence-corrected chi connectivity index (χ2v) is 5.17. The van der Waals surface area contributed by atoms with Crippen molar-refractivity contribution in [2.45, 2.75) is 52.2 Å². The third-order valence-electron chi connectivity index (χ3n) is 3.66. The van der Waals surface area contributed by atoms with Crippen molar-refractivity contribution in [3.05, 3.63) is 26.5 Å². The van der Waals surface area contributed by atoms with Crippen LogP contribution in [-0.2, 0) is 11.5 Å². The number of aromatic amines is 1. The Balaban J connectivity index is 1.78.